The van der Waals surface area contributed by atoms with Crippen LogP contribution >= 0.6 is 0 Å². The van der Waals surface area contributed by atoms with Gasteiger partial charge in [0.05, 0.1) is 5.56 Å². The highest BCUT2D eigenvalue weighted by molar-refractivity contribution is 5.89. The first kappa shape index (κ1) is 14.6. The highest BCUT2D eigenvalue weighted by Crippen LogP contribution is 2.15. The number of nitrogens with one attached hydrogen (secondary N) is 1. The van der Waals surface area contributed by atoms with E-state index in [1.54, 1.807) is 6.07 Å². The molecule has 0 aliphatic rings. The van der Waals surface area contributed by atoms with Gasteiger partial charge in [0.1, 0.15) is 0 Å². The van der Waals surface area contributed by atoms with Crippen molar-refractivity contribution in [3.05, 3.63) is 29.3 Å². The van der Waals surface area contributed by atoms with Gasteiger partial charge in [0, 0.05) is 12.2 Å². The van der Waals surface area contributed by atoms with Gasteiger partial charge in [0.25, 0.3) is 0 Å². The molecule has 0 bridgehead atoms. The minimum absolute atomic E-state index is 0.375. The first-order valence-corrected chi connectivity index (χ1v) is 6.58. The van der Waals surface area contributed by atoms with Crippen LogP contribution in [0.4, 0.5) is 5.69 Å². The van der Waals surface area contributed by atoms with Crippen LogP contribution in [0.15, 0.2) is 18.2 Å². The van der Waals surface area contributed by atoms with E-state index >= 15 is 0 Å². The molecule has 100 valence electrons. The van der Waals surface area contributed by atoms with Crippen LogP contribution in [-0.2, 0) is 0 Å². The Morgan fingerprint density at radius 1 is 1.33 bits per heavy atom. The quantitative estimate of drug-likeness (QED) is 0.720. The summed E-state index contributed by atoms with van der Waals surface area (Å²) in [4.78, 5) is 10.9. The van der Waals surface area contributed by atoms with Crippen LogP contribution in [0.1, 0.15) is 49.0 Å². The third-order valence-corrected chi connectivity index (χ3v) is 2.99. The summed E-state index contributed by atoms with van der Waals surface area (Å²) in [7, 11) is 0. The Labute approximate surface area is 109 Å². The lowest BCUT2D eigenvalue weighted by Gasteiger charge is -2.09. The topological polar surface area (TPSA) is 49.3 Å². The molecule has 2 N–H and O–H groups in total. The van der Waals surface area contributed by atoms with Crippen molar-refractivity contribution in [3.63, 3.8) is 0 Å². The number of carbonyl (C=O) groups is 1. The summed E-state index contributed by atoms with van der Waals surface area (Å²) in [6.07, 6.45) is 3.65. The van der Waals surface area contributed by atoms with Crippen molar-refractivity contribution in [2.45, 2.75) is 40.0 Å². The van der Waals surface area contributed by atoms with Crippen LogP contribution in [-0.4, -0.2) is 17.6 Å². The number of anilines is 1. The van der Waals surface area contributed by atoms with Gasteiger partial charge in [0.2, 0.25) is 0 Å². The number of aromatic carboxylic acids is 1. The van der Waals surface area contributed by atoms with E-state index in [1.807, 2.05) is 19.1 Å². The molecule has 0 heterocycles. The molecule has 0 aliphatic heterocycles. The van der Waals surface area contributed by atoms with Crippen LogP contribution in [0, 0.1) is 12.8 Å². The molecule has 3 heteroatoms. The standard InChI is InChI=1S/C15H23NO2/c1-11(2)6-4-5-9-16-13-7-8-14(15(17)18)12(3)10-13/h7-8,10-11,16H,4-6,9H2,1-3H3,(H,17,18). The number of unbranched alkanes of at least 4 members (excludes halogenated alkanes) is 1. The van der Waals surface area contributed by atoms with E-state index in [1.165, 1.54) is 12.8 Å². The maximum absolute atomic E-state index is 10.9. The Morgan fingerprint density at radius 3 is 2.61 bits per heavy atom. The molecular weight excluding hydrogens is 226 g/mol. The molecule has 0 saturated carbocycles. The second kappa shape index (κ2) is 7.04. The molecule has 0 fully saturated rings. The van der Waals surface area contributed by atoms with Gasteiger partial charge in [-0.15, -0.1) is 0 Å². The molecule has 0 radical (unpaired) electrons. The number of benzene rings is 1. The fraction of sp³-hybridized carbons (Fsp3) is 0.533. The Morgan fingerprint density at radius 2 is 2.06 bits per heavy atom. The molecule has 0 aromatic heterocycles. The lowest BCUT2D eigenvalue weighted by atomic mass is 10.1. The van der Waals surface area contributed by atoms with Crippen LogP contribution in [0.2, 0.25) is 0 Å². The van der Waals surface area contributed by atoms with Gasteiger partial charge in [0.15, 0.2) is 0 Å². The Hall–Kier alpha value is -1.51. The minimum atomic E-state index is -0.865. The molecule has 1 aromatic carbocycles. The summed E-state index contributed by atoms with van der Waals surface area (Å²) < 4.78 is 0. The monoisotopic (exact) mass is 249 g/mol. The van der Waals surface area contributed by atoms with E-state index in [-0.39, 0.29) is 0 Å². The van der Waals surface area contributed by atoms with Crippen molar-refractivity contribution in [1.82, 2.24) is 0 Å². The van der Waals surface area contributed by atoms with E-state index < -0.39 is 5.97 Å². The SMILES string of the molecule is Cc1cc(NCCCCC(C)C)ccc1C(=O)O. The number of aryl methyl sites for hydroxylation is 1. The third-order valence-electron chi connectivity index (χ3n) is 2.99. The lowest BCUT2D eigenvalue weighted by Crippen LogP contribution is -2.04. The van der Waals surface area contributed by atoms with Gasteiger partial charge in [-0.25, -0.2) is 4.79 Å². The van der Waals surface area contributed by atoms with Crippen molar-refractivity contribution >= 4 is 11.7 Å². The van der Waals surface area contributed by atoms with Gasteiger partial charge >= 0.3 is 5.97 Å². The van der Waals surface area contributed by atoms with Gasteiger partial charge in [-0.3, -0.25) is 0 Å². The summed E-state index contributed by atoms with van der Waals surface area (Å²) >= 11 is 0. The van der Waals surface area contributed by atoms with E-state index in [4.69, 9.17) is 5.11 Å². The van der Waals surface area contributed by atoms with Crippen LogP contribution in [0.25, 0.3) is 0 Å². The predicted molar refractivity (Wildman–Crippen MR) is 75.3 cm³/mol. The molecule has 18 heavy (non-hydrogen) atoms. The molecule has 3 nitrogen and oxygen atoms in total. The highest BCUT2D eigenvalue weighted by atomic mass is 16.4. The van der Waals surface area contributed by atoms with Crippen molar-refractivity contribution in [3.8, 4) is 0 Å². The Kier molecular flexibility index (Phi) is 5.69. The van der Waals surface area contributed by atoms with Gasteiger partial charge in [-0.1, -0.05) is 26.7 Å². The largest absolute Gasteiger partial charge is 0.478 e. The number of carboxylic acids is 1. The number of hydrogen-bond acceptors (Lipinski definition) is 2. The van der Waals surface area contributed by atoms with E-state index in [9.17, 15) is 4.79 Å². The van der Waals surface area contributed by atoms with E-state index in [0.717, 1.165) is 30.1 Å². The molecule has 1 rings (SSSR count). The van der Waals surface area contributed by atoms with Gasteiger partial charge < -0.3 is 10.4 Å². The van der Waals surface area contributed by atoms with Crippen molar-refractivity contribution < 1.29 is 9.90 Å². The zero-order chi connectivity index (χ0) is 13.5. The summed E-state index contributed by atoms with van der Waals surface area (Å²) in [5.74, 6) is -0.0990. The van der Waals surface area contributed by atoms with Gasteiger partial charge in [-0.2, -0.15) is 0 Å². The molecule has 0 aliphatic carbocycles. The minimum Gasteiger partial charge on any atom is -0.478 e. The second-order valence-corrected chi connectivity index (χ2v) is 5.15. The molecule has 0 amide bonds. The van der Waals surface area contributed by atoms with Crippen LogP contribution in [0.5, 0.6) is 0 Å². The van der Waals surface area contributed by atoms with Crippen molar-refractivity contribution in [1.29, 1.82) is 0 Å². The van der Waals surface area contributed by atoms with Crippen molar-refractivity contribution in [2.75, 3.05) is 11.9 Å². The van der Waals surface area contributed by atoms with E-state index in [2.05, 4.69) is 19.2 Å². The zero-order valence-corrected chi connectivity index (χ0v) is 11.5. The molecule has 0 atom stereocenters. The summed E-state index contributed by atoms with van der Waals surface area (Å²) in [6, 6.07) is 5.39. The van der Waals surface area contributed by atoms with Crippen molar-refractivity contribution in [2.24, 2.45) is 5.92 Å². The fourth-order valence-corrected chi connectivity index (χ4v) is 1.92. The normalized spacial score (nSPS) is 10.7. The molecule has 0 spiro atoms. The molecule has 0 saturated heterocycles. The maximum atomic E-state index is 10.9. The summed E-state index contributed by atoms with van der Waals surface area (Å²) in [6.45, 7) is 7.24. The van der Waals surface area contributed by atoms with E-state index in [0.29, 0.717) is 5.56 Å². The number of hydrogen-bond donors (Lipinski definition) is 2. The lowest BCUT2D eigenvalue weighted by molar-refractivity contribution is 0.0696. The predicted octanol–water partition coefficient (Wildman–Crippen LogP) is 3.93. The second-order valence-electron chi connectivity index (χ2n) is 5.15. The summed E-state index contributed by atoms with van der Waals surface area (Å²) in [5, 5.41) is 12.3. The Bertz CT molecular complexity index is 399. The zero-order valence-electron chi connectivity index (χ0n) is 11.5. The average Bonchev–Trinajstić information content (AvgIpc) is 2.27. The first-order valence-electron chi connectivity index (χ1n) is 6.58. The third kappa shape index (κ3) is 4.78. The van der Waals surface area contributed by atoms with Crippen LogP contribution in [0.3, 0.4) is 0 Å². The number of carboxylic acid groups (broad SMARTS) is 1. The molecule has 0 unspecified atom stereocenters. The smallest absolute Gasteiger partial charge is 0.335 e. The Balaban J connectivity index is 2.39. The highest BCUT2D eigenvalue weighted by Gasteiger charge is 2.06. The summed E-state index contributed by atoms with van der Waals surface area (Å²) in [5.41, 5.74) is 2.18. The maximum Gasteiger partial charge on any atom is 0.335 e. The number of rotatable bonds is 7. The first-order chi connectivity index (χ1) is 8.50. The fourth-order valence-electron chi connectivity index (χ4n) is 1.92. The molecular formula is C15H23NO2. The molecule has 1 aromatic rings. The average molecular weight is 249 g/mol. The van der Waals surface area contributed by atoms with Gasteiger partial charge in [-0.05, 0) is 43.0 Å². The van der Waals surface area contributed by atoms with Crippen LogP contribution < -0.4 is 5.32 Å².